The van der Waals surface area contributed by atoms with E-state index >= 15 is 0 Å². The summed E-state index contributed by atoms with van der Waals surface area (Å²) in [7, 11) is 0. The van der Waals surface area contributed by atoms with Crippen molar-refractivity contribution < 1.29 is 10.2 Å². The number of nitrogens with zero attached hydrogens (tertiary/aromatic N) is 2. The second kappa shape index (κ2) is 4.73. The standard InChI is InChI=1S/C8H16N4O2/c9-7-1-2-8(10)12(7)11(3-5-13)4-6-14/h1-2,13-14H,3-6,9-10H2. The zero-order chi connectivity index (χ0) is 10.6. The van der Waals surface area contributed by atoms with Crippen LogP contribution in [0.15, 0.2) is 12.1 Å². The van der Waals surface area contributed by atoms with Crippen molar-refractivity contribution in [3.8, 4) is 0 Å². The SMILES string of the molecule is Nc1ccc(N)n1N(CCO)CCO. The lowest BCUT2D eigenvalue weighted by Crippen LogP contribution is -2.40. The summed E-state index contributed by atoms with van der Waals surface area (Å²) >= 11 is 0. The molecule has 0 aliphatic heterocycles. The van der Waals surface area contributed by atoms with E-state index in [2.05, 4.69) is 0 Å². The largest absolute Gasteiger partial charge is 0.394 e. The highest BCUT2D eigenvalue weighted by Gasteiger charge is 2.09. The van der Waals surface area contributed by atoms with E-state index in [1.165, 1.54) is 0 Å². The average molecular weight is 200 g/mol. The predicted molar refractivity (Wildman–Crippen MR) is 55.4 cm³/mol. The molecule has 1 heterocycles. The van der Waals surface area contributed by atoms with Crippen LogP contribution in [-0.4, -0.2) is 41.2 Å². The normalized spacial score (nSPS) is 10.4. The van der Waals surface area contributed by atoms with Gasteiger partial charge in [-0.25, -0.2) is 4.68 Å². The van der Waals surface area contributed by atoms with Gasteiger partial charge in [-0.15, -0.1) is 0 Å². The van der Waals surface area contributed by atoms with Gasteiger partial charge in [0.05, 0.1) is 26.3 Å². The van der Waals surface area contributed by atoms with E-state index in [1.54, 1.807) is 21.8 Å². The first-order valence-electron chi connectivity index (χ1n) is 4.40. The minimum absolute atomic E-state index is 0.0168. The van der Waals surface area contributed by atoms with Crippen molar-refractivity contribution in [2.24, 2.45) is 0 Å². The molecule has 1 aromatic heterocycles. The fraction of sp³-hybridized carbons (Fsp3) is 0.500. The number of anilines is 2. The van der Waals surface area contributed by atoms with Crippen molar-refractivity contribution in [1.29, 1.82) is 0 Å². The Bertz CT molecular complexity index is 261. The molecule has 0 aliphatic rings. The van der Waals surface area contributed by atoms with Crippen LogP contribution in [0.25, 0.3) is 0 Å². The highest BCUT2D eigenvalue weighted by atomic mass is 16.3. The highest BCUT2D eigenvalue weighted by Crippen LogP contribution is 2.13. The van der Waals surface area contributed by atoms with Gasteiger partial charge in [-0.1, -0.05) is 0 Å². The van der Waals surface area contributed by atoms with Crippen LogP contribution in [0.4, 0.5) is 11.6 Å². The number of hydrogen-bond donors (Lipinski definition) is 4. The topological polar surface area (TPSA) is 101 Å². The number of hydrogen-bond acceptors (Lipinski definition) is 5. The molecule has 1 rings (SSSR count). The van der Waals surface area contributed by atoms with Crippen LogP contribution in [0.3, 0.4) is 0 Å². The van der Waals surface area contributed by atoms with Crippen LogP contribution in [0.5, 0.6) is 0 Å². The fourth-order valence-corrected chi connectivity index (χ4v) is 1.33. The summed E-state index contributed by atoms with van der Waals surface area (Å²) in [6.45, 7) is 0.724. The molecule has 80 valence electrons. The second-order valence-electron chi connectivity index (χ2n) is 2.90. The van der Waals surface area contributed by atoms with Crippen molar-refractivity contribution in [3.05, 3.63) is 12.1 Å². The Balaban J connectivity index is 2.85. The summed E-state index contributed by atoms with van der Waals surface area (Å²) in [5, 5.41) is 19.3. The maximum atomic E-state index is 8.83. The molecule has 0 unspecified atom stereocenters. The van der Waals surface area contributed by atoms with Crippen molar-refractivity contribution in [1.82, 2.24) is 4.68 Å². The molecule has 0 aromatic carbocycles. The Labute approximate surface area is 82.3 Å². The predicted octanol–water partition coefficient (Wildman–Crippen LogP) is -1.42. The summed E-state index contributed by atoms with van der Waals surface area (Å²) in [5.74, 6) is 0.980. The average Bonchev–Trinajstić information content (AvgIpc) is 2.46. The molecule has 6 nitrogen and oxygen atoms in total. The number of nitrogens with two attached hydrogens (primary N) is 2. The van der Waals surface area contributed by atoms with Gasteiger partial charge in [0.2, 0.25) is 0 Å². The maximum absolute atomic E-state index is 8.83. The van der Waals surface area contributed by atoms with Crippen LogP contribution in [-0.2, 0) is 0 Å². The lowest BCUT2D eigenvalue weighted by atomic mass is 10.5. The molecular weight excluding hydrogens is 184 g/mol. The lowest BCUT2D eigenvalue weighted by molar-refractivity contribution is 0.266. The Morgan fingerprint density at radius 2 is 1.50 bits per heavy atom. The summed E-state index contributed by atoms with van der Waals surface area (Å²) in [5.41, 5.74) is 11.4. The first kappa shape index (κ1) is 10.7. The quantitative estimate of drug-likeness (QED) is 0.467. The van der Waals surface area contributed by atoms with Crippen molar-refractivity contribution in [2.75, 3.05) is 42.8 Å². The first-order chi connectivity index (χ1) is 6.70. The molecule has 14 heavy (non-hydrogen) atoms. The molecular formula is C8H16N4O2. The Morgan fingerprint density at radius 3 is 1.86 bits per heavy atom. The van der Waals surface area contributed by atoms with Gasteiger partial charge in [-0.05, 0) is 12.1 Å². The summed E-state index contributed by atoms with van der Waals surface area (Å²) in [4.78, 5) is 0. The maximum Gasteiger partial charge on any atom is 0.124 e. The molecule has 0 radical (unpaired) electrons. The third-order valence-electron chi connectivity index (χ3n) is 1.91. The fourth-order valence-electron chi connectivity index (χ4n) is 1.33. The molecule has 0 saturated carbocycles. The van der Waals surface area contributed by atoms with Gasteiger partial charge >= 0.3 is 0 Å². The van der Waals surface area contributed by atoms with Crippen LogP contribution in [0.2, 0.25) is 0 Å². The van der Waals surface area contributed by atoms with E-state index in [1.807, 2.05) is 0 Å². The molecule has 6 N–H and O–H groups in total. The van der Waals surface area contributed by atoms with Crippen LogP contribution in [0, 0.1) is 0 Å². The van der Waals surface area contributed by atoms with Gasteiger partial charge in [0.1, 0.15) is 11.6 Å². The molecule has 0 fully saturated rings. The van der Waals surface area contributed by atoms with E-state index in [9.17, 15) is 0 Å². The van der Waals surface area contributed by atoms with Gasteiger partial charge in [0, 0.05) is 0 Å². The molecule has 0 bridgehead atoms. The van der Waals surface area contributed by atoms with Gasteiger partial charge in [0.25, 0.3) is 0 Å². The molecule has 0 amide bonds. The van der Waals surface area contributed by atoms with Crippen molar-refractivity contribution in [3.63, 3.8) is 0 Å². The van der Waals surface area contributed by atoms with Crippen LogP contribution in [0.1, 0.15) is 0 Å². The summed E-state index contributed by atoms with van der Waals surface area (Å²) < 4.78 is 1.58. The van der Waals surface area contributed by atoms with E-state index in [-0.39, 0.29) is 13.2 Å². The third-order valence-corrected chi connectivity index (χ3v) is 1.91. The van der Waals surface area contributed by atoms with E-state index in [0.29, 0.717) is 24.7 Å². The van der Waals surface area contributed by atoms with E-state index < -0.39 is 0 Å². The van der Waals surface area contributed by atoms with E-state index in [0.717, 1.165) is 0 Å². The minimum atomic E-state index is -0.0168. The molecule has 0 saturated heterocycles. The Hall–Kier alpha value is -1.40. The monoisotopic (exact) mass is 200 g/mol. The number of aromatic nitrogens is 1. The van der Waals surface area contributed by atoms with Crippen molar-refractivity contribution in [2.45, 2.75) is 0 Å². The van der Waals surface area contributed by atoms with E-state index in [4.69, 9.17) is 21.7 Å². The van der Waals surface area contributed by atoms with Crippen LogP contribution >= 0.6 is 0 Å². The number of nitrogen functional groups attached to an aromatic ring is 2. The molecule has 6 heteroatoms. The lowest BCUT2D eigenvalue weighted by Gasteiger charge is -2.26. The van der Waals surface area contributed by atoms with Crippen LogP contribution < -0.4 is 16.5 Å². The zero-order valence-corrected chi connectivity index (χ0v) is 7.93. The Kier molecular flexibility index (Phi) is 3.61. The third kappa shape index (κ3) is 2.09. The Morgan fingerprint density at radius 1 is 1.07 bits per heavy atom. The van der Waals surface area contributed by atoms with Gasteiger partial charge in [-0.3, -0.25) is 0 Å². The molecule has 0 aliphatic carbocycles. The molecule has 1 aromatic rings. The minimum Gasteiger partial charge on any atom is -0.394 e. The van der Waals surface area contributed by atoms with Gasteiger partial charge in [-0.2, -0.15) is 0 Å². The van der Waals surface area contributed by atoms with Gasteiger partial charge < -0.3 is 26.7 Å². The first-order valence-corrected chi connectivity index (χ1v) is 4.40. The summed E-state index contributed by atoms with van der Waals surface area (Å²) in [6.07, 6.45) is 0. The molecule has 0 atom stereocenters. The smallest absolute Gasteiger partial charge is 0.124 e. The number of rotatable bonds is 5. The van der Waals surface area contributed by atoms with Crippen molar-refractivity contribution >= 4 is 11.6 Å². The number of aliphatic hydroxyl groups is 2. The second-order valence-corrected chi connectivity index (χ2v) is 2.90. The zero-order valence-electron chi connectivity index (χ0n) is 7.93. The number of aliphatic hydroxyl groups excluding tert-OH is 2. The highest BCUT2D eigenvalue weighted by molar-refractivity contribution is 5.46. The van der Waals surface area contributed by atoms with Gasteiger partial charge in [0.15, 0.2) is 0 Å². The molecule has 0 spiro atoms. The summed E-state index contributed by atoms with van der Waals surface area (Å²) in [6, 6.07) is 3.36.